The van der Waals surface area contributed by atoms with Gasteiger partial charge in [-0.1, -0.05) is 18.6 Å². The van der Waals surface area contributed by atoms with Crippen molar-refractivity contribution in [2.24, 2.45) is 7.05 Å². The van der Waals surface area contributed by atoms with E-state index in [2.05, 4.69) is 24.1 Å². The first-order valence-electron chi connectivity index (χ1n) is 9.37. The molecule has 0 bridgehead atoms. The summed E-state index contributed by atoms with van der Waals surface area (Å²) in [5, 5.41) is 4.32. The highest BCUT2D eigenvalue weighted by Crippen LogP contribution is 2.28. The number of hydrogen-bond donors (Lipinski definition) is 0. The number of aryl methyl sites for hydroxylation is 3. The van der Waals surface area contributed by atoms with Gasteiger partial charge in [0.25, 0.3) is 10.0 Å². The second-order valence-corrected chi connectivity index (χ2v) is 9.34. The lowest BCUT2D eigenvalue weighted by atomic mass is 10.1. The second-order valence-electron chi connectivity index (χ2n) is 7.37. The second kappa shape index (κ2) is 8.89. The van der Waals surface area contributed by atoms with Crippen LogP contribution in [-0.4, -0.2) is 50.8 Å². The van der Waals surface area contributed by atoms with Crippen molar-refractivity contribution >= 4 is 15.7 Å². The largest absolute Gasteiger partial charge is 0.309 e. The Kier molecular flexibility index (Phi) is 7.06. The minimum Gasteiger partial charge on any atom is -0.309 e. The SMILES string of the molecule is Cc1nn(C)c(C)c1N(C)S(=O)(=O)c1ccc(CCCCCN(C)C)cc1. The number of anilines is 1. The van der Waals surface area contributed by atoms with Gasteiger partial charge in [0, 0.05) is 14.1 Å². The topological polar surface area (TPSA) is 58.4 Å². The summed E-state index contributed by atoms with van der Waals surface area (Å²) < 4.78 is 29.0. The molecular weight excluding hydrogens is 360 g/mol. The molecule has 0 radical (unpaired) electrons. The minimum atomic E-state index is -3.60. The van der Waals surface area contributed by atoms with E-state index in [1.54, 1.807) is 23.9 Å². The Hall–Kier alpha value is -1.86. The number of unbranched alkanes of at least 4 members (excludes halogenated alkanes) is 2. The van der Waals surface area contributed by atoms with Crippen LogP contribution in [0.25, 0.3) is 0 Å². The molecule has 2 aromatic rings. The van der Waals surface area contributed by atoms with E-state index in [0.717, 1.165) is 25.1 Å². The van der Waals surface area contributed by atoms with E-state index in [-0.39, 0.29) is 0 Å². The molecule has 0 amide bonds. The third-order valence-corrected chi connectivity index (χ3v) is 6.71. The van der Waals surface area contributed by atoms with Crippen molar-refractivity contribution in [1.29, 1.82) is 0 Å². The van der Waals surface area contributed by atoms with Crippen LogP contribution in [-0.2, 0) is 23.5 Å². The zero-order valence-corrected chi connectivity index (χ0v) is 18.2. The quantitative estimate of drug-likeness (QED) is 0.615. The molecule has 0 saturated heterocycles. The third-order valence-electron chi connectivity index (χ3n) is 4.94. The molecule has 0 saturated carbocycles. The van der Waals surface area contributed by atoms with Crippen molar-refractivity contribution in [3.8, 4) is 0 Å². The highest BCUT2D eigenvalue weighted by Gasteiger charge is 2.26. The summed E-state index contributed by atoms with van der Waals surface area (Å²) >= 11 is 0. The minimum absolute atomic E-state index is 0.309. The first-order chi connectivity index (χ1) is 12.6. The molecule has 0 fully saturated rings. The maximum Gasteiger partial charge on any atom is 0.264 e. The number of rotatable bonds is 9. The summed E-state index contributed by atoms with van der Waals surface area (Å²) in [6.45, 7) is 4.81. The van der Waals surface area contributed by atoms with Gasteiger partial charge in [-0.3, -0.25) is 8.99 Å². The molecule has 0 N–H and O–H groups in total. The lowest BCUT2D eigenvalue weighted by Crippen LogP contribution is -2.27. The fourth-order valence-electron chi connectivity index (χ4n) is 3.26. The Balaban J connectivity index is 2.06. The summed E-state index contributed by atoms with van der Waals surface area (Å²) in [5.74, 6) is 0. The van der Waals surface area contributed by atoms with E-state index in [4.69, 9.17) is 0 Å². The summed E-state index contributed by atoms with van der Waals surface area (Å²) in [6, 6.07) is 7.27. The molecule has 0 aliphatic heterocycles. The molecule has 1 aromatic heterocycles. The summed E-state index contributed by atoms with van der Waals surface area (Å²) in [4.78, 5) is 2.51. The Morgan fingerprint density at radius 2 is 1.63 bits per heavy atom. The highest BCUT2D eigenvalue weighted by atomic mass is 32.2. The highest BCUT2D eigenvalue weighted by molar-refractivity contribution is 7.92. The van der Waals surface area contributed by atoms with Crippen LogP contribution in [0.3, 0.4) is 0 Å². The van der Waals surface area contributed by atoms with Gasteiger partial charge in [0.05, 0.1) is 22.0 Å². The van der Waals surface area contributed by atoms with Crippen LogP contribution in [0.1, 0.15) is 36.2 Å². The number of benzene rings is 1. The average molecular weight is 393 g/mol. The predicted molar refractivity (Wildman–Crippen MR) is 111 cm³/mol. The molecule has 1 aromatic carbocycles. The van der Waals surface area contributed by atoms with E-state index in [9.17, 15) is 8.42 Å². The Labute approximate surface area is 163 Å². The lowest BCUT2D eigenvalue weighted by molar-refractivity contribution is 0.391. The lowest BCUT2D eigenvalue weighted by Gasteiger charge is -2.20. The van der Waals surface area contributed by atoms with Gasteiger partial charge in [0.1, 0.15) is 0 Å². The first-order valence-corrected chi connectivity index (χ1v) is 10.8. The zero-order chi connectivity index (χ0) is 20.2. The molecule has 1 heterocycles. The van der Waals surface area contributed by atoms with Crippen molar-refractivity contribution in [3.63, 3.8) is 0 Å². The maximum atomic E-state index is 13.0. The predicted octanol–water partition coefficient (Wildman–Crippen LogP) is 3.14. The van der Waals surface area contributed by atoms with Crippen molar-refractivity contribution in [2.75, 3.05) is 32.0 Å². The molecule has 0 aliphatic carbocycles. The standard InChI is InChI=1S/C20H32N4O2S/c1-16-20(17(2)23(5)21-16)24(6)27(25,26)19-13-11-18(12-14-19)10-8-7-9-15-22(3)4/h11-14H,7-10,15H2,1-6H3. The van der Waals surface area contributed by atoms with Gasteiger partial charge in [-0.05, 0) is 71.4 Å². The molecule has 2 rings (SSSR count). The van der Waals surface area contributed by atoms with Gasteiger partial charge in [-0.25, -0.2) is 8.42 Å². The van der Waals surface area contributed by atoms with Gasteiger partial charge >= 0.3 is 0 Å². The number of hydrogen-bond acceptors (Lipinski definition) is 4. The number of aromatic nitrogens is 2. The normalized spacial score (nSPS) is 12.0. The summed E-state index contributed by atoms with van der Waals surface area (Å²) in [5.41, 5.74) is 3.35. The molecule has 27 heavy (non-hydrogen) atoms. The Morgan fingerprint density at radius 1 is 1.00 bits per heavy atom. The first kappa shape index (κ1) is 21.4. The molecule has 150 valence electrons. The smallest absolute Gasteiger partial charge is 0.264 e. The van der Waals surface area contributed by atoms with Crippen LogP contribution in [0, 0.1) is 13.8 Å². The summed E-state index contributed by atoms with van der Waals surface area (Å²) in [6.07, 6.45) is 4.47. The van der Waals surface area contributed by atoms with E-state index in [1.807, 2.05) is 33.0 Å². The maximum absolute atomic E-state index is 13.0. The van der Waals surface area contributed by atoms with Crippen LogP contribution in [0.4, 0.5) is 5.69 Å². The van der Waals surface area contributed by atoms with Gasteiger partial charge in [-0.15, -0.1) is 0 Å². The third kappa shape index (κ3) is 5.11. The Morgan fingerprint density at radius 3 is 2.15 bits per heavy atom. The molecule has 0 spiro atoms. The van der Waals surface area contributed by atoms with Crippen LogP contribution in [0.5, 0.6) is 0 Å². The zero-order valence-electron chi connectivity index (χ0n) is 17.4. The summed E-state index contributed by atoms with van der Waals surface area (Å²) in [7, 11) is 3.98. The van der Waals surface area contributed by atoms with Gasteiger partial charge in [-0.2, -0.15) is 5.10 Å². The molecule has 0 atom stereocenters. The van der Waals surface area contributed by atoms with Crippen molar-refractivity contribution in [3.05, 3.63) is 41.2 Å². The van der Waals surface area contributed by atoms with E-state index < -0.39 is 10.0 Å². The van der Waals surface area contributed by atoms with Gasteiger partial charge in [0.2, 0.25) is 0 Å². The fraction of sp³-hybridized carbons (Fsp3) is 0.550. The number of sulfonamides is 1. The van der Waals surface area contributed by atoms with Crippen LogP contribution < -0.4 is 4.31 Å². The van der Waals surface area contributed by atoms with Crippen molar-refractivity contribution in [1.82, 2.24) is 14.7 Å². The van der Waals surface area contributed by atoms with Crippen LogP contribution >= 0.6 is 0 Å². The van der Waals surface area contributed by atoms with Crippen molar-refractivity contribution < 1.29 is 8.42 Å². The van der Waals surface area contributed by atoms with Crippen molar-refractivity contribution in [2.45, 2.75) is 44.4 Å². The molecule has 6 nitrogen and oxygen atoms in total. The average Bonchev–Trinajstić information content (AvgIpc) is 2.86. The van der Waals surface area contributed by atoms with E-state index in [0.29, 0.717) is 16.3 Å². The molecule has 0 unspecified atom stereocenters. The van der Waals surface area contributed by atoms with Crippen LogP contribution in [0.2, 0.25) is 0 Å². The molecule has 7 heteroatoms. The van der Waals surface area contributed by atoms with Gasteiger partial charge in [0.15, 0.2) is 0 Å². The molecular formula is C20H32N4O2S. The van der Waals surface area contributed by atoms with Crippen LogP contribution in [0.15, 0.2) is 29.2 Å². The molecule has 0 aliphatic rings. The number of nitrogens with zero attached hydrogens (tertiary/aromatic N) is 4. The monoisotopic (exact) mass is 392 g/mol. The van der Waals surface area contributed by atoms with E-state index in [1.165, 1.54) is 22.7 Å². The fourth-order valence-corrected chi connectivity index (χ4v) is 4.56. The Bertz CT molecular complexity index is 855. The van der Waals surface area contributed by atoms with E-state index >= 15 is 0 Å². The van der Waals surface area contributed by atoms with Gasteiger partial charge < -0.3 is 4.90 Å².